The minimum absolute atomic E-state index is 0.0284. The second-order valence-corrected chi connectivity index (χ2v) is 2.52. The molecule has 0 fully saturated rings. The number of nitrogens with zero attached hydrogens (tertiary/aromatic N) is 2. The molecule has 0 atom stereocenters. The van der Waals surface area contributed by atoms with Gasteiger partial charge < -0.3 is 4.74 Å². The Kier molecular flexibility index (Phi) is 2.83. The fourth-order valence-corrected chi connectivity index (χ4v) is 0.943. The molecule has 66 valence electrons. The number of hydrogen-bond acceptors (Lipinski definition) is 4. The fraction of sp³-hybridized carbons (Fsp3) is 0.125. The van der Waals surface area contributed by atoms with E-state index in [0.29, 0.717) is 0 Å². The molecule has 0 saturated carbocycles. The highest BCUT2D eigenvalue weighted by atomic mass is 35.5. The predicted molar refractivity (Wildman–Crippen MR) is 45.3 cm³/mol. The standard InChI is InChI=1S/C8H5ClN2O2/c1-13-8(12)5-2-3-7(9)11-6(5)4-10/h2-3H,1H3. The van der Waals surface area contributed by atoms with E-state index in [4.69, 9.17) is 16.9 Å². The lowest BCUT2D eigenvalue weighted by Crippen LogP contribution is -2.05. The predicted octanol–water partition coefficient (Wildman–Crippen LogP) is 1.39. The molecule has 0 unspecified atom stereocenters. The van der Waals surface area contributed by atoms with Crippen LogP contribution in [-0.2, 0) is 4.74 Å². The van der Waals surface area contributed by atoms with Crippen LogP contribution in [0.4, 0.5) is 0 Å². The molecule has 0 amide bonds. The van der Waals surface area contributed by atoms with Gasteiger partial charge in [-0.1, -0.05) is 11.6 Å². The van der Waals surface area contributed by atoms with E-state index >= 15 is 0 Å². The Balaban J connectivity index is 3.23. The van der Waals surface area contributed by atoms with E-state index in [-0.39, 0.29) is 16.4 Å². The van der Waals surface area contributed by atoms with Crippen molar-refractivity contribution in [2.24, 2.45) is 0 Å². The van der Waals surface area contributed by atoms with E-state index in [1.165, 1.54) is 19.2 Å². The number of ether oxygens (including phenoxy) is 1. The summed E-state index contributed by atoms with van der Waals surface area (Å²) in [7, 11) is 1.23. The van der Waals surface area contributed by atoms with Crippen molar-refractivity contribution in [2.75, 3.05) is 7.11 Å². The average Bonchev–Trinajstić information content (AvgIpc) is 2.16. The summed E-state index contributed by atoms with van der Waals surface area (Å²) in [4.78, 5) is 14.7. The summed E-state index contributed by atoms with van der Waals surface area (Å²) in [5, 5.41) is 8.78. The van der Waals surface area contributed by atoms with Gasteiger partial charge in [0.25, 0.3) is 0 Å². The number of hydrogen-bond donors (Lipinski definition) is 0. The van der Waals surface area contributed by atoms with Gasteiger partial charge in [-0.3, -0.25) is 0 Å². The quantitative estimate of drug-likeness (QED) is 0.503. The summed E-state index contributed by atoms with van der Waals surface area (Å²) < 4.78 is 4.45. The van der Waals surface area contributed by atoms with Crippen LogP contribution in [0.25, 0.3) is 0 Å². The van der Waals surface area contributed by atoms with E-state index in [1.807, 2.05) is 0 Å². The SMILES string of the molecule is COC(=O)c1ccc(Cl)nc1C#N. The van der Waals surface area contributed by atoms with Crippen molar-refractivity contribution in [3.05, 3.63) is 28.5 Å². The van der Waals surface area contributed by atoms with E-state index in [0.717, 1.165) is 0 Å². The Labute approximate surface area is 79.7 Å². The Bertz CT molecular complexity index is 384. The molecule has 0 saturated heterocycles. The number of aromatic nitrogens is 1. The van der Waals surface area contributed by atoms with E-state index in [1.54, 1.807) is 6.07 Å². The average molecular weight is 197 g/mol. The number of methoxy groups -OCH3 is 1. The summed E-state index contributed by atoms with van der Waals surface area (Å²) in [6.07, 6.45) is 0. The number of rotatable bonds is 1. The Morgan fingerprint density at radius 2 is 2.38 bits per heavy atom. The van der Waals surface area contributed by atoms with Gasteiger partial charge in [0, 0.05) is 0 Å². The topological polar surface area (TPSA) is 63.0 Å². The van der Waals surface area contributed by atoms with Crippen LogP contribution in [0.5, 0.6) is 0 Å². The summed E-state index contributed by atoms with van der Waals surface area (Å²) >= 11 is 5.53. The Hall–Kier alpha value is -1.60. The third-order valence-electron chi connectivity index (χ3n) is 1.37. The normalized spacial score (nSPS) is 9.00. The Morgan fingerprint density at radius 3 is 2.92 bits per heavy atom. The van der Waals surface area contributed by atoms with Gasteiger partial charge in [-0.15, -0.1) is 0 Å². The Morgan fingerprint density at radius 1 is 1.69 bits per heavy atom. The third-order valence-corrected chi connectivity index (χ3v) is 1.58. The molecule has 0 aliphatic heterocycles. The van der Waals surface area contributed by atoms with E-state index < -0.39 is 5.97 Å². The maximum Gasteiger partial charge on any atom is 0.340 e. The van der Waals surface area contributed by atoms with E-state index in [9.17, 15) is 4.79 Å². The molecular weight excluding hydrogens is 192 g/mol. The van der Waals surface area contributed by atoms with Gasteiger partial charge in [-0.2, -0.15) is 5.26 Å². The van der Waals surface area contributed by atoms with Gasteiger partial charge in [-0.25, -0.2) is 9.78 Å². The lowest BCUT2D eigenvalue weighted by atomic mass is 10.2. The maximum atomic E-state index is 11.0. The number of carbonyl (C=O) groups excluding carboxylic acids is 1. The van der Waals surface area contributed by atoms with Crippen molar-refractivity contribution in [3.63, 3.8) is 0 Å². The molecular formula is C8H5ClN2O2. The molecule has 0 radical (unpaired) electrons. The third kappa shape index (κ3) is 1.95. The van der Waals surface area contributed by atoms with Gasteiger partial charge in [0.1, 0.15) is 11.2 Å². The van der Waals surface area contributed by atoms with Crippen molar-refractivity contribution in [3.8, 4) is 6.07 Å². The zero-order valence-corrected chi connectivity index (χ0v) is 7.50. The molecule has 1 aromatic rings. The van der Waals surface area contributed by atoms with Gasteiger partial charge in [-0.05, 0) is 12.1 Å². The van der Waals surface area contributed by atoms with Crippen LogP contribution in [0.1, 0.15) is 16.1 Å². The largest absolute Gasteiger partial charge is 0.465 e. The number of esters is 1. The van der Waals surface area contributed by atoms with Crippen molar-refractivity contribution in [1.29, 1.82) is 5.26 Å². The van der Waals surface area contributed by atoms with Gasteiger partial charge in [0.15, 0.2) is 5.69 Å². The molecule has 1 heterocycles. The van der Waals surface area contributed by atoms with Crippen molar-refractivity contribution in [1.82, 2.24) is 4.98 Å². The highest BCUT2D eigenvalue weighted by Crippen LogP contribution is 2.11. The number of halogens is 1. The number of pyridine rings is 1. The van der Waals surface area contributed by atoms with Crippen molar-refractivity contribution < 1.29 is 9.53 Å². The summed E-state index contributed by atoms with van der Waals surface area (Å²) in [5.41, 5.74) is 0.0914. The zero-order valence-electron chi connectivity index (χ0n) is 6.74. The molecule has 1 rings (SSSR count). The summed E-state index contributed by atoms with van der Waals surface area (Å²) in [5.74, 6) is -0.597. The highest BCUT2D eigenvalue weighted by Gasteiger charge is 2.12. The van der Waals surface area contributed by atoms with Crippen LogP contribution in [-0.4, -0.2) is 18.1 Å². The second-order valence-electron chi connectivity index (χ2n) is 2.13. The zero-order chi connectivity index (χ0) is 9.84. The minimum Gasteiger partial charge on any atom is -0.465 e. The molecule has 5 heteroatoms. The van der Waals surface area contributed by atoms with Gasteiger partial charge in [0.2, 0.25) is 0 Å². The second kappa shape index (κ2) is 3.87. The summed E-state index contributed by atoms with van der Waals surface area (Å²) in [6, 6.07) is 4.58. The van der Waals surface area contributed by atoms with E-state index in [2.05, 4.69) is 9.72 Å². The monoisotopic (exact) mass is 196 g/mol. The van der Waals surface area contributed by atoms with Crippen LogP contribution in [0.15, 0.2) is 12.1 Å². The van der Waals surface area contributed by atoms with Gasteiger partial charge in [0.05, 0.1) is 12.7 Å². The minimum atomic E-state index is -0.597. The summed E-state index contributed by atoms with van der Waals surface area (Å²) in [6.45, 7) is 0. The fourth-order valence-electron chi connectivity index (χ4n) is 0.795. The van der Waals surface area contributed by atoms with Crippen LogP contribution >= 0.6 is 11.6 Å². The van der Waals surface area contributed by atoms with Crippen molar-refractivity contribution >= 4 is 17.6 Å². The first-order valence-electron chi connectivity index (χ1n) is 3.34. The van der Waals surface area contributed by atoms with Gasteiger partial charge >= 0.3 is 5.97 Å². The molecule has 0 N–H and O–H groups in total. The van der Waals surface area contributed by atoms with Crippen LogP contribution in [0.3, 0.4) is 0 Å². The van der Waals surface area contributed by atoms with Crippen LogP contribution < -0.4 is 0 Å². The lowest BCUT2D eigenvalue weighted by Gasteiger charge is -2.00. The molecule has 1 aromatic heterocycles. The first kappa shape index (κ1) is 9.49. The maximum absolute atomic E-state index is 11.0. The highest BCUT2D eigenvalue weighted by molar-refractivity contribution is 6.29. The number of nitriles is 1. The first-order valence-corrected chi connectivity index (χ1v) is 3.71. The molecule has 0 bridgehead atoms. The smallest absolute Gasteiger partial charge is 0.340 e. The molecule has 13 heavy (non-hydrogen) atoms. The van der Waals surface area contributed by atoms with Crippen LogP contribution in [0, 0.1) is 11.3 Å². The number of carbonyl (C=O) groups is 1. The first-order chi connectivity index (χ1) is 6.19. The molecule has 0 spiro atoms. The van der Waals surface area contributed by atoms with Crippen LogP contribution in [0.2, 0.25) is 5.15 Å². The van der Waals surface area contributed by atoms with Crippen molar-refractivity contribution in [2.45, 2.75) is 0 Å². The lowest BCUT2D eigenvalue weighted by molar-refractivity contribution is 0.0600. The molecule has 0 aliphatic rings. The molecule has 0 aromatic carbocycles. The molecule has 4 nitrogen and oxygen atoms in total. The molecule has 0 aliphatic carbocycles.